The topological polar surface area (TPSA) is 87.6 Å². The number of benzene rings is 1. The molecule has 1 aromatic carbocycles. The molecule has 0 radical (unpaired) electrons. The zero-order valence-electron chi connectivity index (χ0n) is 12.1. The molecule has 2 aromatic rings. The fourth-order valence-electron chi connectivity index (χ4n) is 1.81. The lowest BCUT2D eigenvalue weighted by molar-refractivity contribution is -0.141. The van der Waals surface area contributed by atoms with Gasteiger partial charge in [0.05, 0.1) is 5.92 Å². The molecule has 0 aliphatic carbocycles. The van der Waals surface area contributed by atoms with Gasteiger partial charge < -0.3 is 5.11 Å². The van der Waals surface area contributed by atoms with Crippen molar-refractivity contribution < 1.29 is 18.3 Å². The molecule has 22 heavy (non-hydrogen) atoms. The lowest BCUT2D eigenvalue weighted by atomic mass is 10.2. The molecule has 1 atom stereocenters. The number of sulfonamides is 1. The van der Waals surface area contributed by atoms with Crippen LogP contribution in [0.5, 0.6) is 0 Å². The molecule has 2 rings (SSSR count). The molecular weight excluding hydrogens is 324 g/mol. The first-order chi connectivity index (χ1) is 10.3. The van der Waals surface area contributed by atoms with Crippen LogP contribution in [0.3, 0.4) is 0 Å². The zero-order chi connectivity index (χ0) is 16.3. The molecular formula is C14H16N2O4S2. The minimum absolute atomic E-state index is 0.0589. The van der Waals surface area contributed by atoms with Crippen molar-refractivity contribution in [3.05, 3.63) is 35.7 Å². The van der Waals surface area contributed by atoms with E-state index < -0.39 is 21.9 Å². The van der Waals surface area contributed by atoms with Crippen LogP contribution in [0, 0.1) is 5.92 Å². The quantitative estimate of drug-likeness (QED) is 0.870. The molecule has 1 heterocycles. The van der Waals surface area contributed by atoms with Gasteiger partial charge in [-0.3, -0.25) is 4.79 Å². The second-order valence-electron chi connectivity index (χ2n) is 4.88. The van der Waals surface area contributed by atoms with Gasteiger partial charge in [-0.15, -0.1) is 11.3 Å². The maximum Gasteiger partial charge on any atom is 0.307 e. The Morgan fingerprint density at radius 2 is 2.00 bits per heavy atom. The number of thiazole rings is 1. The summed E-state index contributed by atoms with van der Waals surface area (Å²) in [6.07, 6.45) is 0. The summed E-state index contributed by atoms with van der Waals surface area (Å²) in [7, 11) is -2.43. The van der Waals surface area contributed by atoms with E-state index in [-0.39, 0.29) is 11.6 Å². The van der Waals surface area contributed by atoms with Crippen LogP contribution < -0.4 is 0 Å². The van der Waals surface area contributed by atoms with Gasteiger partial charge in [-0.1, -0.05) is 37.3 Å². The van der Waals surface area contributed by atoms with Crippen LogP contribution in [0.25, 0.3) is 10.6 Å². The number of carbonyl (C=O) groups is 1. The summed E-state index contributed by atoms with van der Waals surface area (Å²) in [5.41, 5.74) is 0.843. The molecule has 0 amide bonds. The average molecular weight is 340 g/mol. The van der Waals surface area contributed by atoms with Gasteiger partial charge in [0.1, 0.15) is 5.01 Å². The fraction of sp³-hybridized carbons (Fsp3) is 0.286. The van der Waals surface area contributed by atoms with Crippen LogP contribution >= 0.6 is 11.3 Å². The maximum absolute atomic E-state index is 12.4. The fourth-order valence-corrected chi connectivity index (χ4v) is 4.14. The predicted octanol–water partition coefficient (Wildman–Crippen LogP) is 2.15. The summed E-state index contributed by atoms with van der Waals surface area (Å²) in [6.45, 7) is 1.36. The largest absolute Gasteiger partial charge is 0.481 e. The van der Waals surface area contributed by atoms with Crippen molar-refractivity contribution in [1.82, 2.24) is 9.29 Å². The summed E-state index contributed by atoms with van der Waals surface area (Å²) in [5.74, 6) is -1.82. The molecule has 0 fully saturated rings. The van der Waals surface area contributed by atoms with Crippen LogP contribution in [-0.4, -0.2) is 42.4 Å². The number of hydrogen-bond donors (Lipinski definition) is 1. The van der Waals surface area contributed by atoms with E-state index in [1.165, 1.54) is 30.7 Å². The van der Waals surface area contributed by atoms with E-state index in [0.717, 1.165) is 9.87 Å². The van der Waals surface area contributed by atoms with E-state index in [9.17, 15) is 13.2 Å². The Hall–Kier alpha value is -1.77. The van der Waals surface area contributed by atoms with Crippen LogP contribution in [-0.2, 0) is 14.8 Å². The highest BCUT2D eigenvalue weighted by Gasteiger charge is 2.27. The highest BCUT2D eigenvalue weighted by atomic mass is 32.2. The first kappa shape index (κ1) is 16.6. The predicted molar refractivity (Wildman–Crippen MR) is 84.2 cm³/mol. The number of carboxylic acid groups (broad SMARTS) is 1. The van der Waals surface area contributed by atoms with Gasteiger partial charge >= 0.3 is 5.97 Å². The number of carboxylic acids is 1. The first-order valence-electron chi connectivity index (χ1n) is 6.52. The minimum Gasteiger partial charge on any atom is -0.481 e. The Morgan fingerprint density at radius 3 is 2.59 bits per heavy atom. The Labute approximate surface area is 133 Å². The normalized spacial score (nSPS) is 13.2. The van der Waals surface area contributed by atoms with Crippen molar-refractivity contribution in [1.29, 1.82) is 0 Å². The van der Waals surface area contributed by atoms with E-state index in [1.807, 2.05) is 30.3 Å². The van der Waals surface area contributed by atoms with Gasteiger partial charge in [-0.2, -0.15) is 4.31 Å². The van der Waals surface area contributed by atoms with Gasteiger partial charge in [0.25, 0.3) is 10.0 Å². The van der Waals surface area contributed by atoms with Crippen LogP contribution in [0.4, 0.5) is 0 Å². The number of rotatable bonds is 6. The standard InChI is InChI=1S/C14H16N2O4S2/c1-10(14(17)18)8-16(2)22(19,20)12-9-21-13(15-12)11-6-4-3-5-7-11/h3-7,9-10H,8H2,1-2H3,(H,17,18). The lowest BCUT2D eigenvalue weighted by Gasteiger charge is -2.17. The van der Waals surface area contributed by atoms with E-state index in [1.54, 1.807) is 0 Å². The van der Waals surface area contributed by atoms with Gasteiger partial charge in [0.15, 0.2) is 5.03 Å². The van der Waals surface area contributed by atoms with Crippen LogP contribution in [0.2, 0.25) is 0 Å². The van der Waals surface area contributed by atoms with E-state index in [2.05, 4.69) is 4.98 Å². The van der Waals surface area contributed by atoms with E-state index in [0.29, 0.717) is 5.01 Å². The maximum atomic E-state index is 12.4. The molecule has 6 nitrogen and oxygen atoms in total. The lowest BCUT2D eigenvalue weighted by Crippen LogP contribution is -2.33. The monoisotopic (exact) mass is 340 g/mol. The van der Waals surface area contributed by atoms with Crippen molar-refractivity contribution in [3.63, 3.8) is 0 Å². The number of aliphatic carboxylic acids is 1. The second-order valence-corrected chi connectivity index (χ2v) is 7.73. The second kappa shape index (κ2) is 6.55. The Morgan fingerprint density at radius 1 is 1.36 bits per heavy atom. The summed E-state index contributed by atoms with van der Waals surface area (Å²) in [6, 6.07) is 9.28. The Balaban J connectivity index is 2.24. The molecule has 8 heteroatoms. The highest BCUT2D eigenvalue weighted by molar-refractivity contribution is 7.89. The van der Waals surface area contributed by atoms with Gasteiger partial charge in [0, 0.05) is 24.5 Å². The number of aromatic nitrogens is 1. The average Bonchev–Trinajstić information content (AvgIpc) is 2.98. The molecule has 0 saturated carbocycles. The van der Waals surface area contributed by atoms with Crippen molar-refractivity contribution in [2.75, 3.05) is 13.6 Å². The molecule has 1 N–H and O–H groups in total. The number of hydrogen-bond acceptors (Lipinski definition) is 5. The zero-order valence-corrected chi connectivity index (χ0v) is 13.8. The van der Waals surface area contributed by atoms with Gasteiger partial charge in [-0.05, 0) is 0 Å². The summed E-state index contributed by atoms with van der Waals surface area (Å²) in [4.78, 5) is 15.0. The molecule has 1 aromatic heterocycles. The van der Waals surface area contributed by atoms with Crippen molar-refractivity contribution >= 4 is 27.3 Å². The van der Waals surface area contributed by atoms with Crippen molar-refractivity contribution in [3.8, 4) is 10.6 Å². The van der Waals surface area contributed by atoms with E-state index in [4.69, 9.17) is 5.11 Å². The summed E-state index contributed by atoms with van der Waals surface area (Å²) < 4.78 is 25.8. The molecule has 118 valence electrons. The van der Waals surface area contributed by atoms with E-state index >= 15 is 0 Å². The van der Waals surface area contributed by atoms with Crippen LogP contribution in [0.1, 0.15) is 6.92 Å². The Kier molecular flexibility index (Phi) is 4.94. The molecule has 0 bridgehead atoms. The SMILES string of the molecule is CC(CN(C)S(=O)(=O)c1csc(-c2ccccc2)n1)C(=O)O. The molecule has 0 aliphatic rings. The third-order valence-corrected chi connectivity index (χ3v) is 5.88. The molecule has 0 aliphatic heterocycles. The number of nitrogens with zero attached hydrogens (tertiary/aromatic N) is 2. The highest BCUT2D eigenvalue weighted by Crippen LogP contribution is 2.26. The third kappa shape index (κ3) is 3.52. The first-order valence-corrected chi connectivity index (χ1v) is 8.84. The van der Waals surface area contributed by atoms with Crippen molar-refractivity contribution in [2.45, 2.75) is 11.9 Å². The summed E-state index contributed by atoms with van der Waals surface area (Å²) >= 11 is 1.24. The minimum atomic E-state index is -3.79. The van der Waals surface area contributed by atoms with Crippen LogP contribution in [0.15, 0.2) is 40.7 Å². The van der Waals surface area contributed by atoms with Gasteiger partial charge in [0.2, 0.25) is 0 Å². The van der Waals surface area contributed by atoms with Crippen molar-refractivity contribution in [2.24, 2.45) is 5.92 Å². The smallest absolute Gasteiger partial charge is 0.307 e. The Bertz CT molecular complexity index is 756. The van der Waals surface area contributed by atoms with Gasteiger partial charge in [-0.25, -0.2) is 13.4 Å². The third-order valence-electron chi connectivity index (χ3n) is 3.13. The molecule has 0 spiro atoms. The summed E-state index contributed by atoms with van der Waals surface area (Å²) in [5, 5.41) is 10.9. The molecule has 0 saturated heterocycles. The molecule has 1 unspecified atom stereocenters.